The molecule has 0 aliphatic heterocycles. The summed E-state index contributed by atoms with van der Waals surface area (Å²) in [6.45, 7) is 7.47. The molecule has 0 fully saturated rings. The van der Waals surface area contributed by atoms with Gasteiger partial charge >= 0.3 is 0 Å². The van der Waals surface area contributed by atoms with Crippen molar-refractivity contribution in [3.05, 3.63) is 52.6 Å². The number of hydrogen-bond donors (Lipinski definition) is 0. The van der Waals surface area contributed by atoms with Gasteiger partial charge in [-0.15, -0.1) is 0 Å². The fraction of sp³-hybridized carbons (Fsp3) is 0.400. The second-order valence-corrected chi connectivity index (χ2v) is 6.37. The Morgan fingerprint density at radius 3 is 2.46 bits per heavy atom. The van der Waals surface area contributed by atoms with Gasteiger partial charge in [-0.25, -0.2) is 4.39 Å². The first-order valence-electron chi connectivity index (χ1n) is 8.40. The molecule has 6 heteroatoms. The Morgan fingerprint density at radius 2 is 1.88 bits per heavy atom. The molecule has 0 saturated carbocycles. The predicted octanol–water partition coefficient (Wildman–Crippen LogP) is 3.92. The van der Waals surface area contributed by atoms with E-state index in [0.29, 0.717) is 12.2 Å². The number of aryl methyl sites for hydroxylation is 1. The molecule has 5 nitrogen and oxygen atoms in total. The molecule has 26 heavy (non-hydrogen) atoms. The first-order chi connectivity index (χ1) is 12.3. The van der Waals surface area contributed by atoms with Crippen LogP contribution < -0.4 is 4.74 Å². The van der Waals surface area contributed by atoms with Gasteiger partial charge in [0.15, 0.2) is 12.4 Å². The average Bonchev–Trinajstić information content (AvgIpc) is 2.87. The predicted molar refractivity (Wildman–Crippen MR) is 96.7 cm³/mol. The number of hydrogen-bond acceptors (Lipinski definition) is 4. The van der Waals surface area contributed by atoms with Crippen LogP contribution in [0.4, 0.5) is 4.39 Å². The van der Waals surface area contributed by atoms with Gasteiger partial charge in [-0.3, -0.25) is 9.59 Å². The largest absolute Gasteiger partial charge is 0.485 e. The minimum atomic E-state index is -0.658. The van der Waals surface area contributed by atoms with E-state index in [4.69, 9.17) is 9.47 Å². The van der Waals surface area contributed by atoms with E-state index in [2.05, 4.69) is 4.57 Å². The number of rotatable bonds is 8. The van der Waals surface area contributed by atoms with Crippen LogP contribution >= 0.6 is 0 Å². The van der Waals surface area contributed by atoms with E-state index in [-0.39, 0.29) is 35.5 Å². The standard InChI is InChI=1S/C20H24FNO4/c1-12-8-18(14(3)22(12)13(2)10-25-5)20(24)11-26-16-6-7-17(15(4)23)19(21)9-16/h6-9,13H,10-11H2,1-5H3. The Morgan fingerprint density at radius 1 is 1.19 bits per heavy atom. The van der Waals surface area contributed by atoms with Crippen LogP contribution in [0.2, 0.25) is 0 Å². The van der Waals surface area contributed by atoms with Gasteiger partial charge in [0.25, 0.3) is 0 Å². The zero-order chi connectivity index (χ0) is 19.4. The van der Waals surface area contributed by atoms with Crippen molar-refractivity contribution in [1.29, 1.82) is 0 Å². The quantitative estimate of drug-likeness (QED) is 0.669. The lowest BCUT2D eigenvalue weighted by Gasteiger charge is -2.17. The maximum atomic E-state index is 13.8. The first-order valence-corrected chi connectivity index (χ1v) is 8.40. The molecule has 0 spiro atoms. The third kappa shape index (κ3) is 4.19. The molecule has 0 bridgehead atoms. The summed E-state index contributed by atoms with van der Waals surface area (Å²) in [7, 11) is 1.64. The van der Waals surface area contributed by atoms with Crippen molar-refractivity contribution < 1.29 is 23.5 Å². The monoisotopic (exact) mass is 361 g/mol. The lowest BCUT2D eigenvalue weighted by Crippen LogP contribution is -2.16. The molecule has 0 aliphatic rings. The number of halogens is 1. The van der Waals surface area contributed by atoms with Crippen molar-refractivity contribution in [1.82, 2.24) is 4.57 Å². The van der Waals surface area contributed by atoms with Crippen molar-refractivity contribution in [2.45, 2.75) is 33.7 Å². The molecule has 0 saturated heterocycles. The molecule has 1 unspecified atom stereocenters. The summed E-state index contributed by atoms with van der Waals surface area (Å²) in [6, 6.07) is 5.89. The number of ether oxygens (including phenoxy) is 2. The second kappa shape index (κ2) is 8.27. The molecule has 0 radical (unpaired) electrons. The zero-order valence-electron chi connectivity index (χ0n) is 15.8. The molecule has 2 aromatic rings. The third-order valence-electron chi connectivity index (χ3n) is 4.32. The summed E-state index contributed by atoms with van der Waals surface area (Å²) < 4.78 is 26.5. The summed E-state index contributed by atoms with van der Waals surface area (Å²) in [5.74, 6) is -0.996. The SMILES string of the molecule is COCC(C)n1c(C)cc(C(=O)COc2ccc(C(C)=O)c(F)c2)c1C. The minimum Gasteiger partial charge on any atom is -0.485 e. The van der Waals surface area contributed by atoms with Crippen LogP contribution in [-0.4, -0.2) is 36.5 Å². The summed E-state index contributed by atoms with van der Waals surface area (Å²) in [5.41, 5.74) is 2.39. The molecule has 1 aromatic carbocycles. The average molecular weight is 361 g/mol. The van der Waals surface area contributed by atoms with Gasteiger partial charge in [0.1, 0.15) is 11.6 Å². The molecule has 1 heterocycles. The Bertz CT molecular complexity index is 825. The van der Waals surface area contributed by atoms with Gasteiger partial charge in [-0.1, -0.05) is 0 Å². The number of nitrogens with zero attached hydrogens (tertiary/aromatic N) is 1. The molecular weight excluding hydrogens is 337 g/mol. The highest BCUT2D eigenvalue weighted by Gasteiger charge is 2.19. The summed E-state index contributed by atoms with van der Waals surface area (Å²) >= 11 is 0. The normalized spacial score (nSPS) is 12.1. The van der Waals surface area contributed by atoms with Crippen molar-refractivity contribution in [2.75, 3.05) is 20.3 Å². The number of carbonyl (C=O) groups is 2. The number of aromatic nitrogens is 1. The van der Waals surface area contributed by atoms with Gasteiger partial charge in [0, 0.05) is 30.1 Å². The van der Waals surface area contributed by atoms with E-state index >= 15 is 0 Å². The summed E-state index contributed by atoms with van der Waals surface area (Å²) in [4.78, 5) is 23.8. The fourth-order valence-electron chi connectivity index (χ4n) is 3.15. The van der Waals surface area contributed by atoms with Crippen molar-refractivity contribution in [2.24, 2.45) is 0 Å². The lowest BCUT2D eigenvalue weighted by atomic mass is 10.1. The van der Waals surface area contributed by atoms with Gasteiger partial charge in [0.05, 0.1) is 18.2 Å². The van der Waals surface area contributed by atoms with Crippen molar-refractivity contribution in [3.8, 4) is 5.75 Å². The van der Waals surface area contributed by atoms with Gasteiger partial charge in [-0.2, -0.15) is 0 Å². The Balaban J connectivity index is 2.12. The van der Waals surface area contributed by atoms with Gasteiger partial charge < -0.3 is 14.0 Å². The molecule has 1 atom stereocenters. The van der Waals surface area contributed by atoms with Crippen molar-refractivity contribution in [3.63, 3.8) is 0 Å². The van der Waals surface area contributed by atoms with Crippen LogP contribution in [-0.2, 0) is 4.74 Å². The molecule has 0 N–H and O–H groups in total. The molecule has 140 valence electrons. The van der Waals surface area contributed by atoms with Crippen molar-refractivity contribution >= 4 is 11.6 Å². The number of carbonyl (C=O) groups excluding carboxylic acids is 2. The number of methoxy groups -OCH3 is 1. The number of benzene rings is 1. The minimum absolute atomic E-state index is 0.000599. The lowest BCUT2D eigenvalue weighted by molar-refractivity contribution is 0.0918. The van der Waals surface area contributed by atoms with Crippen LogP contribution in [0.1, 0.15) is 52.0 Å². The van der Waals surface area contributed by atoms with E-state index < -0.39 is 5.82 Å². The van der Waals surface area contributed by atoms with Gasteiger partial charge in [-0.05, 0) is 45.9 Å². The Labute approximate surface area is 152 Å². The fourth-order valence-corrected chi connectivity index (χ4v) is 3.15. The smallest absolute Gasteiger partial charge is 0.202 e. The number of Topliss-reactive ketones (excluding diaryl/α,β-unsaturated/α-hetero) is 2. The van der Waals surface area contributed by atoms with Crippen LogP contribution in [0, 0.1) is 19.7 Å². The third-order valence-corrected chi connectivity index (χ3v) is 4.32. The molecule has 2 rings (SSSR count). The zero-order valence-corrected chi connectivity index (χ0v) is 15.8. The second-order valence-electron chi connectivity index (χ2n) is 6.37. The van der Waals surface area contributed by atoms with E-state index in [0.717, 1.165) is 17.5 Å². The Hall–Kier alpha value is -2.47. The van der Waals surface area contributed by atoms with Gasteiger partial charge in [0.2, 0.25) is 5.78 Å². The molecule has 1 aromatic heterocycles. The van der Waals surface area contributed by atoms with E-state index in [9.17, 15) is 14.0 Å². The maximum absolute atomic E-state index is 13.8. The highest BCUT2D eigenvalue weighted by Crippen LogP contribution is 2.22. The molecule has 0 amide bonds. The topological polar surface area (TPSA) is 57.5 Å². The summed E-state index contributed by atoms with van der Waals surface area (Å²) in [5, 5.41) is 0. The van der Waals surface area contributed by atoms with Crippen LogP contribution in [0.25, 0.3) is 0 Å². The van der Waals surface area contributed by atoms with Crippen LogP contribution in [0.5, 0.6) is 5.75 Å². The highest BCUT2D eigenvalue weighted by atomic mass is 19.1. The van der Waals surface area contributed by atoms with Crippen LogP contribution in [0.15, 0.2) is 24.3 Å². The Kier molecular flexibility index (Phi) is 6.32. The molecular formula is C20H24FNO4. The van der Waals surface area contributed by atoms with E-state index in [1.54, 1.807) is 7.11 Å². The van der Waals surface area contributed by atoms with E-state index in [1.807, 2.05) is 26.8 Å². The first kappa shape index (κ1) is 19.8. The molecule has 0 aliphatic carbocycles. The highest BCUT2D eigenvalue weighted by molar-refractivity contribution is 5.98. The number of ketones is 2. The summed E-state index contributed by atoms with van der Waals surface area (Å²) in [6.07, 6.45) is 0. The maximum Gasteiger partial charge on any atom is 0.202 e. The van der Waals surface area contributed by atoms with E-state index in [1.165, 1.54) is 19.1 Å². The van der Waals surface area contributed by atoms with Crippen LogP contribution in [0.3, 0.4) is 0 Å².